The lowest BCUT2D eigenvalue weighted by molar-refractivity contribution is -0.155. The zero-order valence-electron chi connectivity index (χ0n) is 9.62. The van der Waals surface area contributed by atoms with Crippen LogP contribution in [-0.2, 0) is 9.53 Å². The van der Waals surface area contributed by atoms with Gasteiger partial charge in [0.1, 0.15) is 5.60 Å². The fourth-order valence-electron chi connectivity index (χ4n) is 1.84. The summed E-state index contributed by atoms with van der Waals surface area (Å²) in [4.78, 5) is 11.5. The Labute approximate surface area is 90.3 Å². The lowest BCUT2D eigenvalue weighted by atomic mass is 10.0. The molecule has 1 aliphatic rings. The molecule has 0 radical (unpaired) electrons. The van der Waals surface area contributed by atoms with Crippen LogP contribution < -0.4 is 0 Å². The van der Waals surface area contributed by atoms with Crippen molar-refractivity contribution in [1.82, 2.24) is 0 Å². The molecule has 1 rings (SSSR count). The van der Waals surface area contributed by atoms with E-state index in [2.05, 4.69) is 5.16 Å². The molecular weight excluding hydrogens is 194 g/mol. The maximum absolute atomic E-state index is 11.5. The summed E-state index contributed by atoms with van der Waals surface area (Å²) in [6.45, 7) is 5.54. The van der Waals surface area contributed by atoms with Gasteiger partial charge in [0.15, 0.2) is 0 Å². The first kappa shape index (κ1) is 12.0. The fraction of sp³-hybridized carbons (Fsp3) is 0.818. The Morgan fingerprint density at radius 2 is 2.27 bits per heavy atom. The highest BCUT2D eigenvalue weighted by Crippen LogP contribution is 2.26. The summed E-state index contributed by atoms with van der Waals surface area (Å²) in [7, 11) is 0. The van der Waals surface area contributed by atoms with E-state index in [1.807, 2.05) is 20.8 Å². The Kier molecular flexibility index (Phi) is 3.72. The third kappa shape index (κ3) is 3.90. The van der Waals surface area contributed by atoms with E-state index in [0.717, 1.165) is 25.0 Å². The summed E-state index contributed by atoms with van der Waals surface area (Å²) in [6, 6.07) is 0. The predicted octanol–water partition coefficient (Wildman–Crippen LogP) is 2.35. The highest BCUT2D eigenvalue weighted by Gasteiger charge is 2.27. The van der Waals surface area contributed by atoms with Gasteiger partial charge in [0.25, 0.3) is 0 Å². The molecule has 1 fully saturated rings. The van der Waals surface area contributed by atoms with Gasteiger partial charge in [0, 0.05) is 5.92 Å². The molecule has 0 amide bonds. The van der Waals surface area contributed by atoms with Gasteiger partial charge in [-0.15, -0.1) is 0 Å². The molecule has 0 spiro atoms. The van der Waals surface area contributed by atoms with E-state index in [1.165, 1.54) is 0 Å². The number of esters is 1. The standard InChI is InChI=1S/C11H19NO3/c1-11(2,3)15-10(13)7-8-5-4-6-9(8)12-14/h8,14H,4-7H2,1-3H3/b12-9-. The second-order valence-electron chi connectivity index (χ2n) is 4.97. The van der Waals surface area contributed by atoms with E-state index in [0.29, 0.717) is 6.42 Å². The lowest BCUT2D eigenvalue weighted by Gasteiger charge is -2.20. The molecule has 1 saturated carbocycles. The van der Waals surface area contributed by atoms with Crippen LogP contribution in [-0.4, -0.2) is 22.5 Å². The second-order valence-corrected chi connectivity index (χ2v) is 4.97. The van der Waals surface area contributed by atoms with Crippen LogP contribution in [0.25, 0.3) is 0 Å². The van der Waals surface area contributed by atoms with Crippen molar-refractivity contribution >= 4 is 11.7 Å². The van der Waals surface area contributed by atoms with Crippen molar-refractivity contribution in [2.24, 2.45) is 11.1 Å². The van der Waals surface area contributed by atoms with Crippen LogP contribution in [0.3, 0.4) is 0 Å². The van der Waals surface area contributed by atoms with Crippen molar-refractivity contribution in [2.45, 2.75) is 52.1 Å². The second kappa shape index (κ2) is 4.64. The molecule has 0 aliphatic heterocycles. The minimum absolute atomic E-state index is 0.0739. The number of ether oxygens (including phenoxy) is 1. The monoisotopic (exact) mass is 213 g/mol. The van der Waals surface area contributed by atoms with Crippen molar-refractivity contribution < 1.29 is 14.7 Å². The largest absolute Gasteiger partial charge is 0.460 e. The molecule has 0 saturated heterocycles. The van der Waals surface area contributed by atoms with Gasteiger partial charge in [0.05, 0.1) is 12.1 Å². The van der Waals surface area contributed by atoms with Crippen molar-refractivity contribution in [1.29, 1.82) is 0 Å². The number of hydrogen-bond donors (Lipinski definition) is 1. The number of nitrogens with zero attached hydrogens (tertiary/aromatic N) is 1. The summed E-state index contributed by atoms with van der Waals surface area (Å²) in [5, 5.41) is 11.9. The van der Waals surface area contributed by atoms with Crippen LogP contribution in [0.4, 0.5) is 0 Å². The van der Waals surface area contributed by atoms with E-state index < -0.39 is 5.60 Å². The van der Waals surface area contributed by atoms with Gasteiger partial charge in [0.2, 0.25) is 0 Å². The molecule has 1 atom stereocenters. The Morgan fingerprint density at radius 3 is 2.80 bits per heavy atom. The topological polar surface area (TPSA) is 58.9 Å². The van der Waals surface area contributed by atoms with Crippen LogP contribution >= 0.6 is 0 Å². The molecule has 15 heavy (non-hydrogen) atoms. The Morgan fingerprint density at radius 1 is 1.60 bits per heavy atom. The average Bonchev–Trinajstić information content (AvgIpc) is 2.48. The number of oxime groups is 1. The maximum Gasteiger partial charge on any atom is 0.306 e. The summed E-state index contributed by atoms with van der Waals surface area (Å²) >= 11 is 0. The van der Waals surface area contributed by atoms with E-state index >= 15 is 0 Å². The first-order valence-corrected chi connectivity index (χ1v) is 5.35. The lowest BCUT2D eigenvalue weighted by Crippen LogP contribution is -2.26. The van der Waals surface area contributed by atoms with Gasteiger partial charge in [-0.05, 0) is 40.0 Å². The van der Waals surface area contributed by atoms with Crippen LogP contribution in [0.1, 0.15) is 46.5 Å². The number of carbonyl (C=O) groups is 1. The van der Waals surface area contributed by atoms with Crippen LogP contribution in [0, 0.1) is 5.92 Å². The minimum Gasteiger partial charge on any atom is -0.460 e. The fourth-order valence-corrected chi connectivity index (χ4v) is 1.84. The Hall–Kier alpha value is -1.06. The highest BCUT2D eigenvalue weighted by molar-refractivity contribution is 5.91. The molecule has 0 aromatic heterocycles. The molecule has 86 valence electrons. The van der Waals surface area contributed by atoms with Crippen molar-refractivity contribution in [3.05, 3.63) is 0 Å². The van der Waals surface area contributed by atoms with E-state index in [9.17, 15) is 4.79 Å². The predicted molar refractivity (Wildman–Crippen MR) is 57.0 cm³/mol. The first-order chi connectivity index (χ1) is 6.92. The average molecular weight is 213 g/mol. The van der Waals surface area contributed by atoms with Crippen LogP contribution in [0.15, 0.2) is 5.16 Å². The van der Waals surface area contributed by atoms with Gasteiger partial charge < -0.3 is 9.94 Å². The molecule has 4 nitrogen and oxygen atoms in total. The summed E-state index contributed by atoms with van der Waals surface area (Å²) in [6.07, 6.45) is 3.03. The van der Waals surface area contributed by atoms with Gasteiger partial charge in [-0.25, -0.2) is 0 Å². The molecule has 0 heterocycles. The number of carbonyl (C=O) groups excluding carboxylic acids is 1. The first-order valence-electron chi connectivity index (χ1n) is 5.35. The summed E-state index contributed by atoms with van der Waals surface area (Å²) in [5.74, 6) is -0.139. The van der Waals surface area contributed by atoms with E-state index in [1.54, 1.807) is 0 Å². The quantitative estimate of drug-likeness (QED) is 0.435. The Bertz CT molecular complexity index is 265. The van der Waals surface area contributed by atoms with Crippen molar-refractivity contribution in [3.63, 3.8) is 0 Å². The Balaban J connectivity index is 2.45. The third-order valence-electron chi connectivity index (χ3n) is 2.42. The van der Waals surface area contributed by atoms with Gasteiger partial charge in [-0.2, -0.15) is 0 Å². The zero-order chi connectivity index (χ0) is 11.5. The van der Waals surface area contributed by atoms with Crippen molar-refractivity contribution in [3.8, 4) is 0 Å². The molecule has 0 aromatic carbocycles. The van der Waals surface area contributed by atoms with E-state index in [4.69, 9.17) is 9.94 Å². The molecule has 0 bridgehead atoms. The van der Waals surface area contributed by atoms with E-state index in [-0.39, 0.29) is 11.9 Å². The zero-order valence-corrected chi connectivity index (χ0v) is 9.62. The molecule has 1 unspecified atom stereocenters. The summed E-state index contributed by atoms with van der Waals surface area (Å²) in [5.41, 5.74) is 0.299. The smallest absolute Gasteiger partial charge is 0.306 e. The van der Waals surface area contributed by atoms with Crippen LogP contribution in [0.5, 0.6) is 0 Å². The molecular formula is C11H19NO3. The van der Waals surface area contributed by atoms with Gasteiger partial charge in [-0.1, -0.05) is 5.16 Å². The van der Waals surface area contributed by atoms with Crippen molar-refractivity contribution in [2.75, 3.05) is 0 Å². The molecule has 1 aliphatic carbocycles. The van der Waals surface area contributed by atoms with Gasteiger partial charge in [-0.3, -0.25) is 4.79 Å². The minimum atomic E-state index is -0.438. The summed E-state index contributed by atoms with van der Waals surface area (Å²) < 4.78 is 5.22. The number of rotatable bonds is 2. The molecule has 4 heteroatoms. The van der Waals surface area contributed by atoms with Crippen LogP contribution in [0.2, 0.25) is 0 Å². The SMILES string of the molecule is CC(C)(C)OC(=O)CC1CCC/C1=N/O. The normalized spacial score (nSPS) is 24.5. The number of hydrogen-bond acceptors (Lipinski definition) is 4. The molecule has 1 N–H and O–H groups in total. The third-order valence-corrected chi connectivity index (χ3v) is 2.42. The maximum atomic E-state index is 11.5. The molecule has 0 aromatic rings. The highest BCUT2D eigenvalue weighted by atomic mass is 16.6. The van der Waals surface area contributed by atoms with Gasteiger partial charge >= 0.3 is 5.97 Å².